The third-order valence-electron chi connectivity index (χ3n) is 1.66. The molecule has 0 radical (unpaired) electrons. The largest absolute Gasteiger partial charge is 0.328 e. The first-order chi connectivity index (χ1) is 6.02. The van der Waals surface area contributed by atoms with Gasteiger partial charge >= 0.3 is 0 Å². The highest BCUT2D eigenvalue weighted by Crippen LogP contribution is 2.27. The fourth-order valence-electron chi connectivity index (χ4n) is 1.07. The SMILES string of the molecule is CC(N)Cc1ccc(Cl)c(F)c1Br. The molecule has 0 saturated carbocycles. The molecular weight excluding hydrogens is 256 g/mol. The Labute approximate surface area is 90.2 Å². The Morgan fingerprint density at radius 2 is 2.23 bits per heavy atom. The molecule has 0 amide bonds. The van der Waals surface area contributed by atoms with Crippen molar-refractivity contribution >= 4 is 27.5 Å². The molecule has 2 N–H and O–H groups in total. The van der Waals surface area contributed by atoms with E-state index >= 15 is 0 Å². The minimum absolute atomic E-state index is 0.0110. The summed E-state index contributed by atoms with van der Waals surface area (Å²) >= 11 is 8.73. The minimum atomic E-state index is -0.417. The monoisotopic (exact) mass is 265 g/mol. The van der Waals surface area contributed by atoms with Crippen molar-refractivity contribution in [3.8, 4) is 0 Å². The molecule has 13 heavy (non-hydrogen) atoms. The van der Waals surface area contributed by atoms with Crippen molar-refractivity contribution in [2.45, 2.75) is 19.4 Å². The molecule has 0 saturated heterocycles. The molecule has 1 rings (SSSR count). The number of nitrogens with two attached hydrogens (primary N) is 1. The Kier molecular flexibility index (Phi) is 3.71. The highest BCUT2D eigenvalue weighted by atomic mass is 79.9. The maximum absolute atomic E-state index is 13.2. The van der Waals surface area contributed by atoms with E-state index in [1.165, 1.54) is 0 Å². The van der Waals surface area contributed by atoms with E-state index in [4.69, 9.17) is 17.3 Å². The standard InChI is InChI=1S/C9H10BrClFN/c1-5(13)4-6-2-3-7(11)9(12)8(6)10/h2-3,5H,4,13H2,1H3. The Morgan fingerprint density at radius 3 is 2.77 bits per heavy atom. The van der Waals surface area contributed by atoms with Crippen LogP contribution in [0.3, 0.4) is 0 Å². The van der Waals surface area contributed by atoms with Crippen LogP contribution in [0, 0.1) is 5.82 Å². The Bertz CT molecular complexity index is 315. The van der Waals surface area contributed by atoms with Crippen molar-refractivity contribution in [3.05, 3.63) is 33.0 Å². The summed E-state index contributed by atoms with van der Waals surface area (Å²) in [5.74, 6) is -0.417. The summed E-state index contributed by atoms with van der Waals surface area (Å²) in [6, 6.07) is 3.33. The van der Waals surface area contributed by atoms with E-state index in [1.54, 1.807) is 12.1 Å². The highest BCUT2D eigenvalue weighted by molar-refractivity contribution is 9.10. The third-order valence-corrected chi connectivity index (χ3v) is 2.81. The van der Waals surface area contributed by atoms with E-state index < -0.39 is 5.82 Å². The first kappa shape index (κ1) is 11.0. The molecule has 0 heterocycles. The van der Waals surface area contributed by atoms with Gasteiger partial charge in [0.2, 0.25) is 0 Å². The van der Waals surface area contributed by atoms with Gasteiger partial charge in [-0.1, -0.05) is 17.7 Å². The molecular formula is C9H10BrClFN. The second-order valence-electron chi connectivity index (χ2n) is 3.02. The van der Waals surface area contributed by atoms with Crippen molar-refractivity contribution < 1.29 is 4.39 Å². The number of hydrogen-bond acceptors (Lipinski definition) is 1. The molecule has 0 aliphatic heterocycles. The maximum Gasteiger partial charge on any atom is 0.156 e. The molecule has 1 aromatic carbocycles. The first-order valence-corrected chi connectivity index (χ1v) is 5.07. The molecule has 1 unspecified atom stereocenters. The number of rotatable bonds is 2. The van der Waals surface area contributed by atoms with Crippen LogP contribution in [-0.2, 0) is 6.42 Å². The van der Waals surface area contributed by atoms with E-state index in [9.17, 15) is 4.39 Å². The van der Waals surface area contributed by atoms with Crippen LogP contribution in [0.1, 0.15) is 12.5 Å². The van der Waals surface area contributed by atoms with E-state index in [0.29, 0.717) is 10.9 Å². The molecule has 0 aromatic heterocycles. The van der Waals surface area contributed by atoms with Gasteiger partial charge < -0.3 is 5.73 Å². The summed E-state index contributed by atoms with van der Waals surface area (Å²) in [6.07, 6.45) is 0.634. The molecule has 0 fully saturated rings. The van der Waals surface area contributed by atoms with Crippen LogP contribution < -0.4 is 5.73 Å². The lowest BCUT2D eigenvalue weighted by molar-refractivity contribution is 0.615. The zero-order chi connectivity index (χ0) is 10.0. The van der Waals surface area contributed by atoms with Gasteiger partial charge in [-0.25, -0.2) is 4.39 Å². The van der Waals surface area contributed by atoms with Crippen LogP contribution >= 0.6 is 27.5 Å². The van der Waals surface area contributed by atoms with Gasteiger partial charge in [-0.3, -0.25) is 0 Å². The summed E-state index contributed by atoms with van der Waals surface area (Å²) in [7, 11) is 0. The normalized spacial score (nSPS) is 13.0. The van der Waals surface area contributed by atoms with Crippen LogP contribution in [0.25, 0.3) is 0 Å². The molecule has 1 nitrogen and oxygen atoms in total. The van der Waals surface area contributed by atoms with Gasteiger partial charge in [0, 0.05) is 6.04 Å². The number of halogens is 3. The van der Waals surface area contributed by atoms with Crippen molar-refractivity contribution in [2.75, 3.05) is 0 Å². The van der Waals surface area contributed by atoms with E-state index in [1.807, 2.05) is 6.92 Å². The van der Waals surface area contributed by atoms with Crippen LogP contribution in [0.4, 0.5) is 4.39 Å². The minimum Gasteiger partial charge on any atom is -0.328 e. The second-order valence-corrected chi connectivity index (χ2v) is 4.22. The van der Waals surface area contributed by atoms with E-state index in [2.05, 4.69) is 15.9 Å². The molecule has 0 aliphatic rings. The molecule has 0 spiro atoms. The van der Waals surface area contributed by atoms with Gasteiger partial charge in [0.05, 0.1) is 9.50 Å². The molecule has 0 bridgehead atoms. The number of hydrogen-bond donors (Lipinski definition) is 1. The summed E-state index contributed by atoms with van der Waals surface area (Å²) in [4.78, 5) is 0. The molecule has 1 atom stereocenters. The van der Waals surface area contributed by atoms with Crippen LogP contribution in [-0.4, -0.2) is 6.04 Å². The maximum atomic E-state index is 13.2. The summed E-state index contributed by atoms with van der Waals surface area (Å²) in [5.41, 5.74) is 6.45. The van der Waals surface area contributed by atoms with Gasteiger partial charge in [0.25, 0.3) is 0 Å². The average Bonchev–Trinajstić information content (AvgIpc) is 2.06. The predicted octanol–water partition coefficient (Wildman–Crippen LogP) is 3.13. The smallest absolute Gasteiger partial charge is 0.156 e. The summed E-state index contributed by atoms with van der Waals surface area (Å²) < 4.78 is 13.6. The van der Waals surface area contributed by atoms with E-state index in [0.717, 1.165) is 5.56 Å². The van der Waals surface area contributed by atoms with Crippen molar-refractivity contribution in [1.29, 1.82) is 0 Å². The van der Waals surface area contributed by atoms with Crippen molar-refractivity contribution in [1.82, 2.24) is 0 Å². The molecule has 1 aromatic rings. The van der Waals surface area contributed by atoms with E-state index in [-0.39, 0.29) is 11.1 Å². The fourth-order valence-corrected chi connectivity index (χ4v) is 1.85. The van der Waals surface area contributed by atoms with Gasteiger partial charge in [0.15, 0.2) is 5.82 Å². The van der Waals surface area contributed by atoms with Crippen LogP contribution in [0.2, 0.25) is 5.02 Å². The lowest BCUT2D eigenvalue weighted by atomic mass is 10.1. The highest BCUT2D eigenvalue weighted by Gasteiger charge is 2.10. The second kappa shape index (κ2) is 4.40. The third kappa shape index (κ3) is 2.66. The first-order valence-electron chi connectivity index (χ1n) is 3.90. The topological polar surface area (TPSA) is 26.0 Å². The van der Waals surface area contributed by atoms with Crippen LogP contribution in [0.15, 0.2) is 16.6 Å². The van der Waals surface area contributed by atoms with Gasteiger partial charge in [-0.2, -0.15) is 0 Å². The molecule has 72 valence electrons. The lowest BCUT2D eigenvalue weighted by Gasteiger charge is -2.08. The zero-order valence-electron chi connectivity index (χ0n) is 7.15. The molecule has 4 heteroatoms. The molecule has 0 aliphatic carbocycles. The quantitative estimate of drug-likeness (QED) is 0.818. The Morgan fingerprint density at radius 1 is 1.62 bits per heavy atom. The van der Waals surface area contributed by atoms with Gasteiger partial charge in [-0.15, -0.1) is 0 Å². The van der Waals surface area contributed by atoms with Crippen LogP contribution in [0.5, 0.6) is 0 Å². The fraction of sp³-hybridized carbons (Fsp3) is 0.333. The summed E-state index contributed by atoms with van der Waals surface area (Å²) in [5, 5.41) is 0.125. The zero-order valence-corrected chi connectivity index (χ0v) is 9.49. The van der Waals surface area contributed by atoms with Crippen molar-refractivity contribution in [2.24, 2.45) is 5.73 Å². The van der Waals surface area contributed by atoms with Gasteiger partial charge in [0.1, 0.15) is 0 Å². The van der Waals surface area contributed by atoms with Gasteiger partial charge in [-0.05, 0) is 40.9 Å². The predicted molar refractivity (Wildman–Crippen MR) is 56.5 cm³/mol. The van der Waals surface area contributed by atoms with Crippen molar-refractivity contribution in [3.63, 3.8) is 0 Å². The number of benzene rings is 1. The lowest BCUT2D eigenvalue weighted by Crippen LogP contribution is -2.18. The average molecular weight is 267 g/mol. The Balaban J connectivity index is 3.04. The summed E-state index contributed by atoms with van der Waals surface area (Å²) in [6.45, 7) is 1.87. The Hall–Kier alpha value is -0.120.